The molecule has 7 nitrogen and oxygen atoms in total. The minimum atomic E-state index is -3.28. The smallest absolute Gasteiger partial charge is 0.209 e. The van der Waals surface area contributed by atoms with Crippen LogP contribution in [0.25, 0.3) is 0 Å². The van der Waals surface area contributed by atoms with Crippen LogP contribution in [-0.4, -0.2) is 58.4 Å². The lowest BCUT2D eigenvalue weighted by Crippen LogP contribution is -2.52. The molecule has 28 heavy (non-hydrogen) atoms. The molecule has 0 spiro atoms. The minimum absolute atomic E-state index is 0.291. The van der Waals surface area contributed by atoms with Gasteiger partial charge in [-0.05, 0) is 52.7 Å². The molecule has 8 heteroatoms. The van der Waals surface area contributed by atoms with Gasteiger partial charge < -0.3 is 15.5 Å². The Morgan fingerprint density at radius 1 is 1.29 bits per heavy atom. The average Bonchev–Trinajstić information content (AvgIpc) is 2.59. The summed E-state index contributed by atoms with van der Waals surface area (Å²) < 4.78 is 25.7. The summed E-state index contributed by atoms with van der Waals surface area (Å²) in [6.07, 6.45) is 3.37. The Morgan fingerprint density at radius 3 is 2.57 bits per heavy atom. The van der Waals surface area contributed by atoms with E-state index in [4.69, 9.17) is 0 Å². The summed E-state index contributed by atoms with van der Waals surface area (Å²) in [5, 5.41) is 6.79. The van der Waals surface area contributed by atoms with Gasteiger partial charge in [0, 0.05) is 36.9 Å². The van der Waals surface area contributed by atoms with E-state index < -0.39 is 15.6 Å². The molecule has 0 aliphatic carbocycles. The molecule has 0 amide bonds. The third kappa shape index (κ3) is 7.67. The molecule has 0 bridgehead atoms. The quantitative estimate of drug-likeness (QED) is 0.473. The number of nitrogens with one attached hydrogen (secondary N) is 3. The summed E-state index contributed by atoms with van der Waals surface area (Å²) in [6, 6.07) is 8.94. The van der Waals surface area contributed by atoms with E-state index in [1.165, 1.54) is 17.5 Å². The Balaban J connectivity index is 2.01. The molecule has 158 valence electrons. The number of sulfonamides is 1. The zero-order valence-corrected chi connectivity index (χ0v) is 18.6. The van der Waals surface area contributed by atoms with Crippen molar-refractivity contribution in [3.8, 4) is 0 Å². The van der Waals surface area contributed by atoms with Gasteiger partial charge in [0.1, 0.15) is 0 Å². The van der Waals surface area contributed by atoms with Crippen LogP contribution in [0.2, 0.25) is 0 Å². The molecular formula is C20H35N5O2S. The van der Waals surface area contributed by atoms with Crippen molar-refractivity contribution in [2.75, 3.05) is 37.3 Å². The van der Waals surface area contributed by atoms with Crippen molar-refractivity contribution in [3.63, 3.8) is 0 Å². The Morgan fingerprint density at radius 2 is 1.96 bits per heavy atom. The zero-order chi connectivity index (χ0) is 20.8. The van der Waals surface area contributed by atoms with Crippen LogP contribution in [0, 0.1) is 6.92 Å². The molecule has 0 saturated carbocycles. The number of nitrogens with zero attached hydrogens (tertiary/aromatic N) is 2. The van der Waals surface area contributed by atoms with E-state index in [0.29, 0.717) is 12.6 Å². The molecule has 0 radical (unpaired) electrons. The lowest BCUT2D eigenvalue weighted by molar-refractivity contribution is 0.454. The van der Waals surface area contributed by atoms with E-state index in [2.05, 4.69) is 56.4 Å². The SMILES string of the molecule is CCNC(=NCC(C)(C)NS(C)(=O)=O)NC1CCCN(c2ccc(C)cc2)C1. The maximum absolute atomic E-state index is 11.5. The highest BCUT2D eigenvalue weighted by atomic mass is 32.2. The maximum Gasteiger partial charge on any atom is 0.209 e. The van der Waals surface area contributed by atoms with Crippen LogP contribution in [0.5, 0.6) is 0 Å². The molecule has 1 aromatic carbocycles. The van der Waals surface area contributed by atoms with Gasteiger partial charge in [-0.25, -0.2) is 13.1 Å². The first-order valence-electron chi connectivity index (χ1n) is 9.93. The summed E-state index contributed by atoms with van der Waals surface area (Å²) in [6.45, 7) is 10.9. The number of benzene rings is 1. The highest BCUT2D eigenvalue weighted by Gasteiger charge is 2.24. The Bertz CT molecular complexity index is 759. The minimum Gasteiger partial charge on any atom is -0.369 e. The topological polar surface area (TPSA) is 85.8 Å². The largest absolute Gasteiger partial charge is 0.369 e. The van der Waals surface area contributed by atoms with Crippen molar-refractivity contribution >= 4 is 21.7 Å². The fraction of sp³-hybridized carbons (Fsp3) is 0.650. The van der Waals surface area contributed by atoms with Crippen LogP contribution < -0.4 is 20.3 Å². The van der Waals surface area contributed by atoms with Crippen LogP contribution in [0.3, 0.4) is 0 Å². The molecule has 3 N–H and O–H groups in total. The lowest BCUT2D eigenvalue weighted by Gasteiger charge is -2.35. The monoisotopic (exact) mass is 409 g/mol. The van der Waals surface area contributed by atoms with E-state index in [1.807, 2.05) is 20.8 Å². The van der Waals surface area contributed by atoms with Crippen molar-refractivity contribution in [1.29, 1.82) is 0 Å². The number of rotatable bonds is 7. The predicted octanol–water partition coefficient (Wildman–Crippen LogP) is 1.85. The van der Waals surface area contributed by atoms with Gasteiger partial charge in [-0.3, -0.25) is 4.99 Å². The summed E-state index contributed by atoms with van der Waals surface area (Å²) >= 11 is 0. The Labute approximate surface area is 170 Å². The molecule has 1 atom stereocenters. The first-order valence-corrected chi connectivity index (χ1v) is 11.8. The van der Waals surface area contributed by atoms with Gasteiger partial charge in [0.2, 0.25) is 10.0 Å². The number of aryl methyl sites for hydroxylation is 1. The lowest BCUT2D eigenvalue weighted by atomic mass is 10.0. The fourth-order valence-electron chi connectivity index (χ4n) is 3.41. The van der Waals surface area contributed by atoms with E-state index in [-0.39, 0.29) is 0 Å². The van der Waals surface area contributed by atoms with Crippen molar-refractivity contribution in [2.45, 2.75) is 52.1 Å². The third-order valence-electron chi connectivity index (χ3n) is 4.60. The molecule has 1 saturated heterocycles. The molecule has 0 aromatic heterocycles. The molecule has 1 heterocycles. The van der Waals surface area contributed by atoms with Crippen LogP contribution >= 0.6 is 0 Å². The van der Waals surface area contributed by atoms with Crippen molar-refractivity contribution in [1.82, 2.24) is 15.4 Å². The second kappa shape index (κ2) is 9.60. The zero-order valence-electron chi connectivity index (χ0n) is 17.7. The van der Waals surface area contributed by atoms with Crippen molar-refractivity contribution in [3.05, 3.63) is 29.8 Å². The van der Waals surface area contributed by atoms with Gasteiger partial charge in [-0.1, -0.05) is 17.7 Å². The fourth-order valence-corrected chi connectivity index (χ4v) is 4.48. The van der Waals surface area contributed by atoms with Gasteiger partial charge in [0.25, 0.3) is 0 Å². The predicted molar refractivity (Wildman–Crippen MR) is 118 cm³/mol. The summed E-state index contributed by atoms with van der Waals surface area (Å²) in [5.74, 6) is 0.724. The van der Waals surface area contributed by atoms with Crippen molar-refractivity contribution in [2.24, 2.45) is 4.99 Å². The van der Waals surface area contributed by atoms with E-state index >= 15 is 0 Å². The molecule has 1 aliphatic rings. The number of hydrogen-bond acceptors (Lipinski definition) is 4. The van der Waals surface area contributed by atoms with Gasteiger partial charge >= 0.3 is 0 Å². The summed E-state index contributed by atoms with van der Waals surface area (Å²) in [5.41, 5.74) is 1.87. The van der Waals surface area contributed by atoms with Crippen molar-refractivity contribution < 1.29 is 8.42 Å². The molecular weight excluding hydrogens is 374 g/mol. The standard InChI is InChI=1S/C20H35N5O2S/c1-6-21-19(22-15-20(3,4)24-28(5,26)27)23-17-8-7-13-25(14-17)18-11-9-16(2)10-12-18/h9-12,17,24H,6-8,13-15H2,1-5H3,(H2,21,22,23). The summed E-state index contributed by atoms with van der Waals surface area (Å²) in [7, 11) is -3.28. The highest BCUT2D eigenvalue weighted by molar-refractivity contribution is 7.88. The van der Waals surface area contributed by atoms with Crippen LogP contribution in [0.4, 0.5) is 5.69 Å². The highest BCUT2D eigenvalue weighted by Crippen LogP contribution is 2.20. The molecule has 1 unspecified atom stereocenters. The Kier molecular flexibility index (Phi) is 7.71. The number of guanidine groups is 1. The number of hydrogen-bond donors (Lipinski definition) is 3. The number of aliphatic imine (C=N–C) groups is 1. The summed E-state index contributed by atoms with van der Waals surface area (Å²) in [4.78, 5) is 7.02. The maximum atomic E-state index is 11.5. The van der Waals surface area contributed by atoms with Gasteiger partial charge in [-0.2, -0.15) is 0 Å². The number of piperidine rings is 1. The molecule has 2 rings (SSSR count). The first kappa shape index (κ1) is 22.5. The molecule has 1 aromatic rings. The van der Waals surface area contributed by atoms with Crippen LogP contribution in [0.15, 0.2) is 29.3 Å². The molecule has 1 fully saturated rings. The van der Waals surface area contributed by atoms with Gasteiger partial charge in [0.05, 0.1) is 12.8 Å². The second-order valence-corrected chi connectivity index (χ2v) is 9.97. The Hall–Kier alpha value is -1.80. The van der Waals surface area contributed by atoms with Crippen LogP contribution in [-0.2, 0) is 10.0 Å². The van der Waals surface area contributed by atoms with E-state index in [0.717, 1.165) is 38.4 Å². The molecule has 1 aliphatic heterocycles. The first-order chi connectivity index (χ1) is 13.1. The second-order valence-electron chi connectivity index (χ2n) is 8.22. The number of anilines is 1. The van der Waals surface area contributed by atoms with Gasteiger partial charge in [0.15, 0.2) is 5.96 Å². The average molecular weight is 410 g/mol. The van der Waals surface area contributed by atoms with Crippen LogP contribution in [0.1, 0.15) is 39.2 Å². The van der Waals surface area contributed by atoms with E-state index in [9.17, 15) is 8.42 Å². The normalized spacial score (nSPS) is 18.8. The van der Waals surface area contributed by atoms with E-state index in [1.54, 1.807) is 0 Å². The third-order valence-corrected chi connectivity index (χ3v) is 5.52. The van der Waals surface area contributed by atoms with Gasteiger partial charge in [-0.15, -0.1) is 0 Å².